The van der Waals surface area contributed by atoms with E-state index in [1.54, 1.807) is 0 Å². The Hall–Kier alpha value is -0.0400. The fraction of sp³-hybridized carbons (Fsp3) is 1.00. The Morgan fingerprint density at radius 3 is 2.23 bits per heavy atom. The molecular weight excluding hydrogens is 158 g/mol. The van der Waals surface area contributed by atoms with Gasteiger partial charge in [0.15, 0.2) is 0 Å². The summed E-state index contributed by atoms with van der Waals surface area (Å²) in [6.45, 7) is 8.21. The summed E-state index contributed by atoms with van der Waals surface area (Å²) >= 11 is 0. The summed E-state index contributed by atoms with van der Waals surface area (Å²) in [6, 6.07) is 0.718. The summed E-state index contributed by atoms with van der Waals surface area (Å²) in [6.07, 6.45) is 7.02. The van der Waals surface area contributed by atoms with Gasteiger partial charge in [0.2, 0.25) is 0 Å². The number of hydrogen-bond acceptors (Lipinski definition) is 1. The minimum Gasteiger partial charge on any atom is -0.314 e. The third kappa shape index (κ3) is 3.30. The van der Waals surface area contributed by atoms with Crippen molar-refractivity contribution in [3.63, 3.8) is 0 Å². The van der Waals surface area contributed by atoms with E-state index < -0.39 is 0 Å². The van der Waals surface area contributed by atoms with Gasteiger partial charge < -0.3 is 5.32 Å². The first-order valence-corrected chi connectivity index (χ1v) is 6.01. The van der Waals surface area contributed by atoms with Crippen LogP contribution in [0.25, 0.3) is 0 Å². The van der Waals surface area contributed by atoms with Gasteiger partial charge in [-0.2, -0.15) is 0 Å². The van der Waals surface area contributed by atoms with Crippen molar-refractivity contribution < 1.29 is 0 Å². The molecule has 1 atom stereocenters. The van der Waals surface area contributed by atoms with Crippen LogP contribution in [0.15, 0.2) is 0 Å². The molecule has 0 heterocycles. The van der Waals surface area contributed by atoms with Crippen LogP contribution in [0.1, 0.15) is 52.9 Å². The lowest BCUT2D eigenvalue weighted by atomic mass is 9.85. The summed E-state index contributed by atoms with van der Waals surface area (Å²) in [4.78, 5) is 0. The van der Waals surface area contributed by atoms with Crippen LogP contribution in [-0.4, -0.2) is 12.6 Å². The van der Waals surface area contributed by atoms with Crippen LogP contribution in [-0.2, 0) is 0 Å². The smallest absolute Gasteiger partial charge is 0.00669 e. The molecule has 0 aromatic heterocycles. The van der Waals surface area contributed by atoms with Crippen LogP contribution in [0.4, 0.5) is 0 Å². The molecule has 78 valence electrons. The Bertz CT molecular complexity index is 125. The van der Waals surface area contributed by atoms with Gasteiger partial charge in [-0.15, -0.1) is 0 Å². The van der Waals surface area contributed by atoms with Gasteiger partial charge in [0.1, 0.15) is 0 Å². The van der Waals surface area contributed by atoms with Crippen molar-refractivity contribution in [1.29, 1.82) is 0 Å². The Balaban J connectivity index is 2.10. The van der Waals surface area contributed by atoms with Crippen molar-refractivity contribution in [2.24, 2.45) is 11.8 Å². The summed E-state index contributed by atoms with van der Waals surface area (Å²) in [5.74, 6) is 1.87. The number of nitrogens with one attached hydrogen (secondary N) is 1. The molecule has 1 fully saturated rings. The van der Waals surface area contributed by atoms with Crippen LogP contribution < -0.4 is 5.32 Å². The van der Waals surface area contributed by atoms with Crippen molar-refractivity contribution in [1.82, 2.24) is 5.32 Å². The molecule has 1 saturated carbocycles. The highest BCUT2D eigenvalue weighted by Crippen LogP contribution is 2.25. The maximum Gasteiger partial charge on any atom is 0.00669 e. The minimum atomic E-state index is 0.718. The topological polar surface area (TPSA) is 12.0 Å². The molecule has 13 heavy (non-hydrogen) atoms. The molecule has 0 radical (unpaired) electrons. The Morgan fingerprint density at radius 2 is 1.85 bits per heavy atom. The van der Waals surface area contributed by atoms with Crippen molar-refractivity contribution in [3.8, 4) is 0 Å². The molecule has 1 aliphatic carbocycles. The lowest BCUT2D eigenvalue weighted by Gasteiger charge is -2.29. The minimum absolute atomic E-state index is 0.718. The van der Waals surface area contributed by atoms with Crippen LogP contribution in [0.3, 0.4) is 0 Å². The highest BCUT2D eigenvalue weighted by atomic mass is 14.9. The molecule has 1 aliphatic rings. The predicted molar refractivity (Wildman–Crippen MR) is 58.9 cm³/mol. The van der Waals surface area contributed by atoms with Crippen LogP contribution >= 0.6 is 0 Å². The zero-order chi connectivity index (χ0) is 9.68. The van der Waals surface area contributed by atoms with E-state index in [1.165, 1.54) is 38.6 Å². The molecular formula is C12H25N. The SMILES string of the molecule is CCC(CC)C(C)NCC1CCC1. The quantitative estimate of drug-likeness (QED) is 0.667. The van der Waals surface area contributed by atoms with Gasteiger partial charge in [-0.3, -0.25) is 0 Å². The highest BCUT2D eigenvalue weighted by molar-refractivity contribution is 4.76. The second kappa shape index (κ2) is 5.64. The van der Waals surface area contributed by atoms with E-state index in [0.717, 1.165) is 17.9 Å². The van der Waals surface area contributed by atoms with Gasteiger partial charge in [0.05, 0.1) is 0 Å². The monoisotopic (exact) mass is 183 g/mol. The largest absolute Gasteiger partial charge is 0.314 e. The zero-order valence-electron chi connectivity index (χ0n) is 9.47. The number of hydrogen-bond donors (Lipinski definition) is 1. The van der Waals surface area contributed by atoms with E-state index in [-0.39, 0.29) is 0 Å². The highest BCUT2D eigenvalue weighted by Gasteiger charge is 2.19. The van der Waals surface area contributed by atoms with E-state index in [9.17, 15) is 0 Å². The molecule has 1 N–H and O–H groups in total. The molecule has 0 aromatic rings. The average Bonchev–Trinajstić information content (AvgIpc) is 2.04. The Kier molecular flexibility index (Phi) is 4.79. The number of rotatable bonds is 6. The average molecular weight is 183 g/mol. The van der Waals surface area contributed by atoms with Crippen molar-refractivity contribution in [2.45, 2.75) is 58.9 Å². The standard InChI is InChI=1S/C12H25N/c1-4-12(5-2)10(3)13-9-11-7-6-8-11/h10-13H,4-9H2,1-3H3. The summed E-state index contributed by atoms with van der Waals surface area (Å²) in [5.41, 5.74) is 0. The van der Waals surface area contributed by atoms with Gasteiger partial charge in [0.25, 0.3) is 0 Å². The summed E-state index contributed by atoms with van der Waals surface area (Å²) in [7, 11) is 0. The lowest BCUT2D eigenvalue weighted by Crippen LogP contribution is -2.38. The van der Waals surface area contributed by atoms with Gasteiger partial charge in [-0.25, -0.2) is 0 Å². The molecule has 0 aromatic carbocycles. The summed E-state index contributed by atoms with van der Waals surface area (Å²) in [5, 5.41) is 3.69. The molecule has 0 saturated heterocycles. The van der Waals surface area contributed by atoms with E-state index in [2.05, 4.69) is 26.1 Å². The third-order valence-corrected chi connectivity index (χ3v) is 3.71. The van der Waals surface area contributed by atoms with Gasteiger partial charge in [-0.1, -0.05) is 33.1 Å². The molecule has 1 rings (SSSR count). The molecule has 0 bridgehead atoms. The normalized spacial score (nSPS) is 20.3. The Labute approximate surface area is 83.3 Å². The maximum absolute atomic E-state index is 3.69. The third-order valence-electron chi connectivity index (χ3n) is 3.71. The Morgan fingerprint density at radius 1 is 1.23 bits per heavy atom. The first kappa shape index (κ1) is 11.0. The maximum atomic E-state index is 3.69. The molecule has 1 nitrogen and oxygen atoms in total. The van der Waals surface area contributed by atoms with Crippen LogP contribution in [0.2, 0.25) is 0 Å². The van der Waals surface area contributed by atoms with Gasteiger partial charge in [-0.05, 0) is 38.1 Å². The predicted octanol–water partition coefficient (Wildman–Crippen LogP) is 3.20. The fourth-order valence-electron chi connectivity index (χ4n) is 2.21. The van der Waals surface area contributed by atoms with Crippen molar-refractivity contribution >= 4 is 0 Å². The second-order valence-corrected chi connectivity index (χ2v) is 4.57. The molecule has 0 spiro atoms. The van der Waals surface area contributed by atoms with E-state index in [4.69, 9.17) is 0 Å². The molecule has 1 unspecified atom stereocenters. The van der Waals surface area contributed by atoms with E-state index >= 15 is 0 Å². The van der Waals surface area contributed by atoms with E-state index in [0.29, 0.717) is 0 Å². The second-order valence-electron chi connectivity index (χ2n) is 4.57. The first-order valence-electron chi connectivity index (χ1n) is 6.01. The van der Waals surface area contributed by atoms with Crippen molar-refractivity contribution in [2.75, 3.05) is 6.54 Å². The first-order chi connectivity index (χ1) is 6.27. The van der Waals surface area contributed by atoms with Crippen LogP contribution in [0.5, 0.6) is 0 Å². The van der Waals surface area contributed by atoms with Gasteiger partial charge >= 0.3 is 0 Å². The van der Waals surface area contributed by atoms with E-state index in [1.807, 2.05) is 0 Å². The lowest BCUT2D eigenvalue weighted by molar-refractivity contribution is 0.265. The van der Waals surface area contributed by atoms with Crippen molar-refractivity contribution in [3.05, 3.63) is 0 Å². The van der Waals surface area contributed by atoms with Crippen LogP contribution in [0, 0.1) is 11.8 Å². The molecule has 0 amide bonds. The fourth-order valence-corrected chi connectivity index (χ4v) is 2.21. The zero-order valence-corrected chi connectivity index (χ0v) is 9.47. The molecule has 1 heteroatoms. The molecule has 0 aliphatic heterocycles. The van der Waals surface area contributed by atoms with Gasteiger partial charge in [0, 0.05) is 6.04 Å². The summed E-state index contributed by atoms with van der Waals surface area (Å²) < 4.78 is 0.